The van der Waals surface area contributed by atoms with Gasteiger partial charge in [-0.05, 0) is 38.5 Å². The van der Waals surface area contributed by atoms with Gasteiger partial charge in [-0.3, -0.25) is 4.79 Å². The van der Waals surface area contributed by atoms with Crippen molar-refractivity contribution in [3.05, 3.63) is 59.2 Å². The van der Waals surface area contributed by atoms with Gasteiger partial charge in [0.05, 0.1) is 0 Å². The molecule has 0 aliphatic heterocycles. The summed E-state index contributed by atoms with van der Waals surface area (Å²) in [6, 6.07) is 14.1. The highest BCUT2D eigenvalue weighted by Gasteiger charge is 2.08. The van der Waals surface area contributed by atoms with Gasteiger partial charge in [-0.1, -0.05) is 47.7 Å². The van der Waals surface area contributed by atoms with Gasteiger partial charge in [0.25, 0.3) is 0 Å². The predicted octanol–water partition coefficient (Wildman–Crippen LogP) is 4.66. The molecule has 0 saturated carbocycles. The number of hydrogen-bond acceptors (Lipinski definition) is 2. The summed E-state index contributed by atoms with van der Waals surface area (Å²) < 4.78 is 0. The molecule has 0 fully saturated rings. The average molecular weight is 256 g/mol. The van der Waals surface area contributed by atoms with Crippen LogP contribution in [0.2, 0.25) is 0 Å². The van der Waals surface area contributed by atoms with E-state index in [-0.39, 0.29) is 5.78 Å². The number of carbonyl (C=O) groups excluding carboxylic acids is 1. The Balaban J connectivity index is 2.37. The zero-order valence-electron chi connectivity index (χ0n) is 10.9. The van der Waals surface area contributed by atoms with E-state index >= 15 is 0 Å². The second-order valence-corrected chi connectivity index (χ2v) is 5.51. The third kappa shape index (κ3) is 2.82. The first-order valence-corrected chi connectivity index (χ1v) is 6.74. The molecule has 0 radical (unpaired) electrons. The third-order valence-corrected chi connectivity index (χ3v) is 4.07. The lowest BCUT2D eigenvalue weighted by Gasteiger charge is -2.09. The van der Waals surface area contributed by atoms with Crippen molar-refractivity contribution in [1.29, 1.82) is 0 Å². The van der Waals surface area contributed by atoms with Crippen molar-refractivity contribution in [3.8, 4) is 0 Å². The summed E-state index contributed by atoms with van der Waals surface area (Å²) in [5.41, 5.74) is 3.30. The van der Waals surface area contributed by atoms with Gasteiger partial charge in [-0.25, -0.2) is 0 Å². The molecule has 2 heteroatoms. The van der Waals surface area contributed by atoms with Gasteiger partial charge in [0, 0.05) is 15.4 Å². The standard InChI is InChI=1S/C16H16OS/c1-11-8-9-15(12(2)10-11)18-16-7-5-4-6-14(16)13(3)17/h4-10H,1-3H3. The van der Waals surface area contributed by atoms with Crippen molar-refractivity contribution in [3.63, 3.8) is 0 Å². The first-order chi connectivity index (χ1) is 8.58. The Morgan fingerprint density at radius 3 is 2.39 bits per heavy atom. The zero-order chi connectivity index (χ0) is 13.1. The van der Waals surface area contributed by atoms with E-state index in [1.807, 2.05) is 24.3 Å². The molecule has 0 N–H and O–H groups in total. The van der Waals surface area contributed by atoms with Gasteiger partial charge in [0.15, 0.2) is 5.78 Å². The molecule has 0 aromatic heterocycles. The summed E-state index contributed by atoms with van der Waals surface area (Å²) in [6.07, 6.45) is 0. The van der Waals surface area contributed by atoms with E-state index in [9.17, 15) is 4.79 Å². The van der Waals surface area contributed by atoms with Crippen LogP contribution in [-0.2, 0) is 0 Å². The normalized spacial score (nSPS) is 10.4. The molecule has 18 heavy (non-hydrogen) atoms. The minimum absolute atomic E-state index is 0.114. The van der Waals surface area contributed by atoms with Gasteiger partial charge >= 0.3 is 0 Å². The van der Waals surface area contributed by atoms with Crippen LogP contribution in [0.25, 0.3) is 0 Å². The van der Waals surface area contributed by atoms with Crippen molar-refractivity contribution in [1.82, 2.24) is 0 Å². The van der Waals surface area contributed by atoms with Crippen molar-refractivity contribution in [2.75, 3.05) is 0 Å². The monoisotopic (exact) mass is 256 g/mol. The molecule has 0 spiro atoms. The van der Waals surface area contributed by atoms with E-state index in [1.165, 1.54) is 16.0 Å². The molecule has 0 aliphatic rings. The van der Waals surface area contributed by atoms with Crippen molar-refractivity contribution in [2.45, 2.75) is 30.6 Å². The lowest BCUT2D eigenvalue weighted by molar-refractivity contribution is 0.101. The van der Waals surface area contributed by atoms with E-state index in [0.29, 0.717) is 0 Å². The first-order valence-electron chi connectivity index (χ1n) is 5.93. The average Bonchev–Trinajstić information content (AvgIpc) is 2.33. The van der Waals surface area contributed by atoms with Crippen LogP contribution in [0.4, 0.5) is 0 Å². The topological polar surface area (TPSA) is 17.1 Å². The van der Waals surface area contributed by atoms with Crippen LogP contribution in [0.1, 0.15) is 28.4 Å². The Morgan fingerprint density at radius 1 is 1.00 bits per heavy atom. The molecule has 0 atom stereocenters. The summed E-state index contributed by atoms with van der Waals surface area (Å²) in [6.45, 7) is 5.80. The maximum Gasteiger partial charge on any atom is 0.160 e. The van der Waals surface area contributed by atoms with E-state index in [4.69, 9.17) is 0 Å². The van der Waals surface area contributed by atoms with E-state index in [0.717, 1.165) is 10.5 Å². The first kappa shape index (κ1) is 12.9. The zero-order valence-corrected chi connectivity index (χ0v) is 11.7. The number of benzene rings is 2. The predicted molar refractivity (Wildman–Crippen MR) is 76.5 cm³/mol. The fraction of sp³-hybridized carbons (Fsp3) is 0.188. The number of aryl methyl sites for hydroxylation is 2. The van der Waals surface area contributed by atoms with Crippen LogP contribution >= 0.6 is 11.8 Å². The minimum atomic E-state index is 0.114. The van der Waals surface area contributed by atoms with Crippen LogP contribution in [-0.4, -0.2) is 5.78 Å². The molecule has 0 saturated heterocycles. The maximum atomic E-state index is 11.6. The fourth-order valence-electron chi connectivity index (χ4n) is 1.88. The molecule has 0 heterocycles. The smallest absolute Gasteiger partial charge is 0.160 e. The Labute approximate surface area is 112 Å². The summed E-state index contributed by atoms with van der Waals surface area (Å²) in [7, 11) is 0. The summed E-state index contributed by atoms with van der Waals surface area (Å²) in [5.74, 6) is 0.114. The Hall–Kier alpha value is -1.54. The van der Waals surface area contributed by atoms with Crippen LogP contribution < -0.4 is 0 Å². The lowest BCUT2D eigenvalue weighted by atomic mass is 10.1. The van der Waals surface area contributed by atoms with Crippen molar-refractivity contribution < 1.29 is 4.79 Å². The fourth-order valence-corrected chi connectivity index (χ4v) is 2.94. The van der Waals surface area contributed by atoms with Crippen molar-refractivity contribution >= 4 is 17.5 Å². The van der Waals surface area contributed by atoms with E-state index < -0.39 is 0 Å². The van der Waals surface area contributed by atoms with Gasteiger partial charge in [-0.2, -0.15) is 0 Å². The molecule has 1 nitrogen and oxygen atoms in total. The summed E-state index contributed by atoms with van der Waals surface area (Å²) in [5, 5.41) is 0. The highest BCUT2D eigenvalue weighted by atomic mass is 32.2. The second-order valence-electron chi connectivity index (χ2n) is 4.42. The largest absolute Gasteiger partial charge is 0.294 e. The summed E-state index contributed by atoms with van der Waals surface area (Å²) in [4.78, 5) is 13.8. The number of rotatable bonds is 3. The second kappa shape index (κ2) is 5.40. The quantitative estimate of drug-likeness (QED) is 0.743. The molecule has 92 valence electrons. The molecule has 0 amide bonds. The van der Waals surface area contributed by atoms with Crippen LogP contribution in [0.15, 0.2) is 52.3 Å². The van der Waals surface area contributed by atoms with Gasteiger partial charge in [0.1, 0.15) is 0 Å². The summed E-state index contributed by atoms with van der Waals surface area (Å²) >= 11 is 1.66. The third-order valence-electron chi connectivity index (χ3n) is 2.82. The van der Waals surface area contributed by atoms with E-state index in [1.54, 1.807) is 18.7 Å². The van der Waals surface area contributed by atoms with Crippen LogP contribution in [0, 0.1) is 13.8 Å². The Kier molecular flexibility index (Phi) is 3.87. The number of carbonyl (C=O) groups is 1. The number of ketones is 1. The van der Waals surface area contributed by atoms with Gasteiger partial charge < -0.3 is 0 Å². The number of Topliss-reactive ketones (excluding diaryl/α,β-unsaturated/α-hetero) is 1. The molecule has 2 aromatic carbocycles. The Morgan fingerprint density at radius 2 is 1.72 bits per heavy atom. The van der Waals surface area contributed by atoms with Gasteiger partial charge in [0.2, 0.25) is 0 Å². The molecule has 0 bridgehead atoms. The lowest BCUT2D eigenvalue weighted by Crippen LogP contribution is -1.94. The molecule has 2 rings (SSSR count). The molecular weight excluding hydrogens is 240 g/mol. The number of hydrogen-bond donors (Lipinski definition) is 0. The Bertz CT molecular complexity index is 587. The molecular formula is C16H16OS. The SMILES string of the molecule is CC(=O)c1ccccc1Sc1ccc(C)cc1C. The minimum Gasteiger partial charge on any atom is -0.294 e. The highest BCUT2D eigenvalue weighted by molar-refractivity contribution is 7.99. The molecule has 2 aromatic rings. The van der Waals surface area contributed by atoms with E-state index in [2.05, 4.69) is 32.0 Å². The van der Waals surface area contributed by atoms with Crippen LogP contribution in [0.3, 0.4) is 0 Å². The maximum absolute atomic E-state index is 11.6. The van der Waals surface area contributed by atoms with Gasteiger partial charge in [-0.15, -0.1) is 0 Å². The van der Waals surface area contributed by atoms with Crippen molar-refractivity contribution in [2.24, 2.45) is 0 Å². The highest BCUT2D eigenvalue weighted by Crippen LogP contribution is 2.33. The molecule has 0 unspecified atom stereocenters. The van der Waals surface area contributed by atoms with Crippen LogP contribution in [0.5, 0.6) is 0 Å². The molecule has 0 aliphatic carbocycles.